The Bertz CT molecular complexity index is 947. The molecule has 26 heavy (non-hydrogen) atoms. The van der Waals surface area contributed by atoms with Gasteiger partial charge in [-0.3, -0.25) is 0 Å². The summed E-state index contributed by atoms with van der Waals surface area (Å²) in [7, 11) is 0. The van der Waals surface area contributed by atoms with Gasteiger partial charge in [0.25, 0.3) is 0 Å². The van der Waals surface area contributed by atoms with E-state index in [1.807, 2.05) is 18.2 Å². The molecule has 2 heteroatoms. The maximum atomic E-state index is 11.0. The van der Waals surface area contributed by atoms with Crippen molar-refractivity contribution in [2.75, 3.05) is 0 Å². The molecule has 0 aliphatic heterocycles. The lowest BCUT2D eigenvalue weighted by atomic mass is 10.0. The number of benzene rings is 1. The van der Waals surface area contributed by atoms with Crippen molar-refractivity contribution in [2.45, 2.75) is 33.6 Å². The number of hydrogen-bond donors (Lipinski definition) is 1. The number of fused-ring (bicyclic) bond motifs is 1. The molecule has 0 atom stereocenters. The standard InChI is InChI=1S/C24H24O2/c1-15(2)20-9-5-16(3)22-14-21(17(4)23(22)13-20)12-8-18-6-10-19(11-7-18)24(25)26/h5-15H,1-4H3,(H,25,26)/b12-8+. The Morgan fingerprint density at radius 3 is 2.23 bits per heavy atom. The molecule has 2 aliphatic carbocycles. The van der Waals surface area contributed by atoms with Gasteiger partial charge in [-0.05, 0) is 76.9 Å². The minimum Gasteiger partial charge on any atom is -0.478 e. The number of hydrogen-bond acceptors (Lipinski definition) is 1. The van der Waals surface area contributed by atoms with Crippen LogP contribution >= 0.6 is 0 Å². The summed E-state index contributed by atoms with van der Waals surface area (Å²) in [6, 6.07) is 15.9. The zero-order valence-corrected chi connectivity index (χ0v) is 15.7. The first-order chi connectivity index (χ1) is 12.4. The van der Waals surface area contributed by atoms with Crippen LogP contribution in [0.2, 0.25) is 0 Å². The Morgan fingerprint density at radius 2 is 1.62 bits per heavy atom. The number of carboxylic acids is 1. The maximum Gasteiger partial charge on any atom is 0.335 e. The van der Waals surface area contributed by atoms with E-state index in [-0.39, 0.29) is 0 Å². The van der Waals surface area contributed by atoms with Gasteiger partial charge in [0.2, 0.25) is 0 Å². The van der Waals surface area contributed by atoms with E-state index in [1.54, 1.807) is 12.1 Å². The molecular weight excluding hydrogens is 320 g/mol. The van der Waals surface area contributed by atoms with Gasteiger partial charge in [-0.15, -0.1) is 0 Å². The van der Waals surface area contributed by atoms with Gasteiger partial charge in [-0.25, -0.2) is 4.79 Å². The average Bonchev–Trinajstić information content (AvgIpc) is 2.81. The molecule has 1 aromatic rings. The van der Waals surface area contributed by atoms with Gasteiger partial charge in [-0.2, -0.15) is 0 Å². The summed E-state index contributed by atoms with van der Waals surface area (Å²) < 4.78 is 0. The van der Waals surface area contributed by atoms with E-state index in [0.717, 1.165) is 5.56 Å². The van der Waals surface area contributed by atoms with Gasteiger partial charge >= 0.3 is 5.97 Å². The molecule has 0 aromatic heterocycles. The largest absolute Gasteiger partial charge is 0.478 e. The van der Waals surface area contributed by atoms with Crippen LogP contribution in [-0.2, 0) is 0 Å². The van der Waals surface area contributed by atoms with Gasteiger partial charge < -0.3 is 5.11 Å². The summed E-state index contributed by atoms with van der Waals surface area (Å²) in [5.74, 6) is -0.408. The van der Waals surface area contributed by atoms with Crippen LogP contribution in [0.5, 0.6) is 0 Å². The van der Waals surface area contributed by atoms with Crippen molar-refractivity contribution >= 4 is 18.1 Å². The molecule has 1 aromatic carbocycles. The molecule has 132 valence electrons. The molecule has 1 N–H and O–H groups in total. The summed E-state index contributed by atoms with van der Waals surface area (Å²) in [6.45, 7) is 8.76. The van der Waals surface area contributed by atoms with Gasteiger partial charge in [-0.1, -0.05) is 56.3 Å². The third kappa shape index (κ3) is 3.55. The van der Waals surface area contributed by atoms with E-state index in [0.29, 0.717) is 11.5 Å². The first-order valence-corrected chi connectivity index (χ1v) is 8.92. The second-order valence-electron chi connectivity index (χ2n) is 7.13. The summed E-state index contributed by atoms with van der Waals surface area (Å²) in [5.41, 5.74) is 8.99. The van der Waals surface area contributed by atoms with Crippen LogP contribution in [0.15, 0.2) is 48.5 Å². The topological polar surface area (TPSA) is 37.3 Å². The quantitative estimate of drug-likeness (QED) is 0.594. The van der Waals surface area contributed by atoms with E-state index in [2.05, 4.69) is 58.0 Å². The minimum atomic E-state index is -0.900. The molecule has 2 aliphatic rings. The zero-order chi connectivity index (χ0) is 18.8. The van der Waals surface area contributed by atoms with Crippen molar-refractivity contribution in [1.82, 2.24) is 0 Å². The highest BCUT2D eigenvalue weighted by molar-refractivity contribution is 5.88. The number of rotatable bonds is 4. The molecule has 0 heterocycles. The van der Waals surface area contributed by atoms with Gasteiger partial charge in [0.15, 0.2) is 0 Å². The van der Waals surface area contributed by atoms with Gasteiger partial charge in [0.1, 0.15) is 0 Å². The predicted octanol–water partition coefficient (Wildman–Crippen LogP) is 6.40. The lowest BCUT2D eigenvalue weighted by molar-refractivity contribution is 0.0697. The Labute approximate surface area is 155 Å². The van der Waals surface area contributed by atoms with Crippen LogP contribution in [0.4, 0.5) is 0 Å². The van der Waals surface area contributed by atoms with E-state index >= 15 is 0 Å². The second kappa shape index (κ2) is 7.17. The fourth-order valence-corrected chi connectivity index (χ4v) is 3.19. The van der Waals surface area contributed by atoms with Crippen LogP contribution < -0.4 is 0 Å². The molecule has 0 amide bonds. The summed E-state index contributed by atoms with van der Waals surface area (Å²) >= 11 is 0. The van der Waals surface area contributed by atoms with Crippen LogP contribution in [-0.4, -0.2) is 11.1 Å². The first kappa shape index (κ1) is 17.9. The first-order valence-electron chi connectivity index (χ1n) is 8.92. The maximum absolute atomic E-state index is 11.0. The third-order valence-electron chi connectivity index (χ3n) is 4.97. The molecular formula is C24H24O2. The molecule has 0 unspecified atom stereocenters. The summed E-state index contributed by atoms with van der Waals surface area (Å²) in [4.78, 5) is 11.0. The Morgan fingerprint density at radius 1 is 0.923 bits per heavy atom. The van der Waals surface area contributed by atoms with E-state index in [1.165, 1.54) is 33.4 Å². The molecule has 0 fully saturated rings. The SMILES string of the molecule is Cc1ccc(C(C)C)cc2c(C)c(/C=C/c3ccc(C(=O)O)cc3)cc1-2. The van der Waals surface area contributed by atoms with Crippen LogP contribution in [0.3, 0.4) is 0 Å². The second-order valence-corrected chi connectivity index (χ2v) is 7.13. The number of carbonyl (C=O) groups is 1. The molecule has 0 spiro atoms. The normalized spacial score (nSPS) is 11.6. The van der Waals surface area contributed by atoms with Gasteiger partial charge in [0.05, 0.1) is 5.56 Å². The molecule has 3 rings (SSSR count). The van der Waals surface area contributed by atoms with Gasteiger partial charge in [0, 0.05) is 0 Å². The van der Waals surface area contributed by atoms with Crippen molar-refractivity contribution in [1.29, 1.82) is 0 Å². The molecule has 0 saturated heterocycles. The summed E-state index contributed by atoms with van der Waals surface area (Å²) in [6.07, 6.45) is 4.14. The molecule has 2 nitrogen and oxygen atoms in total. The smallest absolute Gasteiger partial charge is 0.335 e. The number of aryl methyl sites for hydroxylation is 1. The Kier molecular flexibility index (Phi) is 4.94. The highest BCUT2D eigenvalue weighted by Crippen LogP contribution is 2.36. The number of carboxylic acid groups (broad SMARTS) is 1. The van der Waals surface area contributed by atoms with Crippen molar-refractivity contribution < 1.29 is 9.90 Å². The lowest BCUT2D eigenvalue weighted by Gasteiger charge is -2.03. The Hall–Kier alpha value is -2.87. The van der Waals surface area contributed by atoms with Crippen molar-refractivity contribution in [3.63, 3.8) is 0 Å². The monoisotopic (exact) mass is 344 g/mol. The highest BCUT2D eigenvalue weighted by atomic mass is 16.4. The third-order valence-corrected chi connectivity index (χ3v) is 4.97. The predicted molar refractivity (Wildman–Crippen MR) is 109 cm³/mol. The zero-order valence-electron chi connectivity index (χ0n) is 15.7. The molecule has 0 radical (unpaired) electrons. The molecule has 0 bridgehead atoms. The fraction of sp³-hybridized carbons (Fsp3) is 0.208. The van der Waals surface area contributed by atoms with E-state index in [9.17, 15) is 4.79 Å². The van der Waals surface area contributed by atoms with Crippen molar-refractivity contribution in [3.05, 3.63) is 81.9 Å². The highest BCUT2D eigenvalue weighted by Gasteiger charge is 2.14. The van der Waals surface area contributed by atoms with Crippen LogP contribution in [0.1, 0.15) is 57.9 Å². The van der Waals surface area contributed by atoms with E-state index < -0.39 is 5.97 Å². The summed E-state index contributed by atoms with van der Waals surface area (Å²) in [5, 5.41) is 8.99. The van der Waals surface area contributed by atoms with Crippen molar-refractivity contribution in [2.24, 2.45) is 0 Å². The Balaban J connectivity index is 2.00. The van der Waals surface area contributed by atoms with Crippen LogP contribution in [0.25, 0.3) is 23.3 Å². The number of aromatic carboxylic acids is 1. The van der Waals surface area contributed by atoms with E-state index in [4.69, 9.17) is 5.11 Å². The minimum absolute atomic E-state index is 0.307. The van der Waals surface area contributed by atoms with Crippen LogP contribution in [0, 0.1) is 13.8 Å². The lowest BCUT2D eigenvalue weighted by Crippen LogP contribution is -1.94. The fourth-order valence-electron chi connectivity index (χ4n) is 3.19. The average molecular weight is 344 g/mol. The van der Waals surface area contributed by atoms with Crippen molar-refractivity contribution in [3.8, 4) is 11.1 Å². The molecule has 0 saturated carbocycles.